The van der Waals surface area contributed by atoms with Gasteiger partial charge in [0.05, 0.1) is 11.7 Å². The standard InChI is InChI=1S/C15H27NO2S/c1-2-17-14(11-3-4-11)13(16)12-5-7-18-15(9-12)6-8-19-10-15/h11-14H,2-10,16H2,1H3. The summed E-state index contributed by atoms with van der Waals surface area (Å²) >= 11 is 2.03. The molecule has 1 spiro atoms. The van der Waals surface area contributed by atoms with Gasteiger partial charge in [0.1, 0.15) is 0 Å². The van der Waals surface area contributed by atoms with Gasteiger partial charge in [0.25, 0.3) is 0 Å². The van der Waals surface area contributed by atoms with E-state index in [0.29, 0.717) is 12.0 Å². The van der Waals surface area contributed by atoms with Crippen molar-refractivity contribution in [3.8, 4) is 0 Å². The average Bonchev–Trinajstić information content (AvgIpc) is 3.18. The zero-order chi connectivity index (χ0) is 13.3. The normalized spacial score (nSPS) is 38.5. The Morgan fingerprint density at radius 3 is 2.84 bits per heavy atom. The lowest BCUT2D eigenvalue weighted by molar-refractivity contribution is -0.0953. The molecular formula is C15H27NO2S. The predicted octanol–water partition coefficient (Wildman–Crippen LogP) is 2.43. The van der Waals surface area contributed by atoms with Crippen LogP contribution in [-0.2, 0) is 9.47 Å². The van der Waals surface area contributed by atoms with Crippen LogP contribution < -0.4 is 5.73 Å². The van der Waals surface area contributed by atoms with Gasteiger partial charge >= 0.3 is 0 Å². The van der Waals surface area contributed by atoms with Crippen LogP contribution >= 0.6 is 11.8 Å². The van der Waals surface area contributed by atoms with Gasteiger partial charge in [-0.25, -0.2) is 0 Å². The van der Waals surface area contributed by atoms with Crippen LogP contribution in [0.1, 0.15) is 39.0 Å². The van der Waals surface area contributed by atoms with Gasteiger partial charge in [0, 0.05) is 25.0 Å². The molecule has 3 aliphatic rings. The second-order valence-electron chi connectivity index (χ2n) is 6.42. The Kier molecular flexibility index (Phi) is 4.42. The molecule has 4 unspecified atom stereocenters. The van der Waals surface area contributed by atoms with Crippen molar-refractivity contribution < 1.29 is 9.47 Å². The molecular weight excluding hydrogens is 258 g/mol. The lowest BCUT2D eigenvalue weighted by atomic mass is 9.79. The van der Waals surface area contributed by atoms with Gasteiger partial charge in [-0.15, -0.1) is 0 Å². The van der Waals surface area contributed by atoms with Crippen LogP contribution in [0.3, 0.4) is 0 Å². The molecule has 1 saturated carbocycles. The second-order valence-corrected chi connectivity index (χ2v) is 7.53. The topological polar surface area (TPSA) is 44.5 Å². The fraction of sp³-hybridized carbons (Fsp3) is 1.00. The van der Waals surface area contributed by atoms with E-state index in [1.807, 2.05) is 11.8 Å². The van der Waals surface area contributed by atoms with Crippen molar-refractivity contribution in [2.75, 3.05) is 24.7 Å². The van der Waals surface area contributed by atoms with E-state index in [9.17, 15) is 0 Å². The highest BCUT2D eigenvalue weighted by Crippen LogP contribution is 2.44. The smallest absolute Gasteiger partial charge is 0.0783 e. The van der Waals surface area contributed by atoms with Crippen molar-refractivity contribution in [3.63, 3.8) is 0 Å². The maximum absolute atomic E-state index is 6.58. The van der Waals surface area contributed by atoms with Gasteiger partial charge in [0.15, 0.2) is 0 Å². The molecule has 2 heterocycles. The molecule has 2 N–H and O–H groups in total. The Morgan fingerprint density at radius 2 is 2.21 bits per heavy atom. The average molecular weight is 285 g/mol. The minimum absolute atomic E-state index is 0.144. The van der Waals surface area contributed by atoms with Crippen LogP contribution in [0.5, 0.6) is 0 Å². The van der Waals surface area contributed by atoms with Gasteiger partial charge in [0.2, 0.25) is 0 Å². The zero-order valence-electron chi connectivity index (χ0n) is 12.0. The maximum atomic E-state index is 6.58. The lowest BCUT2D eigenvalue weighted by Gasteiger charge is -2.41. The maximum Gasteiger partial charge on any atom is 0.0783 e. The van der Waals surface area contributed by atoms with E-state index >= 15 is 0 Å². The third-order valence-corrected chi connectivity index (χ3v) is 6.19. The molecule has 3 fully saturated rings. The molecule has 3 nitrogen and oxygen atoms in total. The molecule has 110 valence electrons. The SMILES string of the molecule is CCOC(C1CC1)C(N)C1CCOC2(CCSC2)C1. The molecule has 19 heavy (non-hydrogen) atoms. The van der Waals surface area contributed by atoms with Gasteiger partial charge < -0.3 is 15.2 Å². The van der Waals surface area contributed by atoms with Crippen molar-refractivity contribution in [2.45, 2.75) is 56.8 Å². The highest BCUT2D eigenvalue weighted by molar-refractivity contribution is 7.99. The summed E-state index contributed by atoms with van der Waals surface area (Å²) in [5, 5.41) is 0. The first-order valence-electron chi connectivity index (χ1n) is 7.83. The summed E-state index contributed by atoms with van der Waals surface area (Å²) in [7, 11) is 0. The molecule has 4 heteroatoms. The minimum Gasteiger partial charge on any atom is -0.377 e. The van der Waals surface area contributed by atoms with E-state index in [1.54, 1.807) is 0 Å². The second kappa shape index (κ2) is 5.92. The number of nitrogens with two attached hydrogens (primary N) is 1. The summed E-state index contributed by atoms with van der Waals surface area (Å²) in [5.74, 6) is 3.73. The molecule has 2 saturated heterocycles. The highest BCUT2D eigenvalue weighted by atomic mass is 32.2. The Hall–Kier alpha value is 0.230. The van der Waals surface area contributed by atoms with Gasteiger partial charge in [-0.1, -0.05) is 0 Å². The first-order chi connectivity index (χ1) is 9.24. The van der Waals surface area contributed by atoms with Crippen LogP contribution in [0.15, 0.2) is 0 Å². The predicted molar refractivity (Wildman–Crippen MR) is 79.5 cm³/mol. The monoisotopic (exact) mass is 285 g/mol. The van der Waals surface area contributed by atoms with E-state index in [-0.39, 0.29) is 11.6 Å². The fourth-order valence-electron chi connectivity index (χ4n) is 3.70. The Bertz CT molecular complexity index is 303. The van der Waals surface area contributed by atoms with Crippen LogP contribution in [0.25, 0.3) is 0 Å². The zero-order valence-corrected chi connectivity index (χ0v) is 12.8. The van der Waals surface area contributed by atoms with Crippen LogP contribution in [0.4, 0.5) is 0 Å². The van der Waals surface area contributed by atoms with Crippen molar-refractivity contribution in [1.29, 1.82) is 0 Å². The first-order valence-corrected chi connectivity index (χ1v) is 8.98. The van der Waals surface area contributed by atoms with E-state index in [1.165, 1.54) is 30.8 Å². The Labute approximate surface area is 121 Å². The molecule has 4 atom stereocenters. The van der Waals surface area contributed by atoms with Crippen LogP contribution in [-0.4, -0.2) is 42.5 Å². The third kappa shape index (κ3) is 3.12. The number of hydrogen-bond acceptors (Lipinski definition) is 4. The van der Waals surface area contributed by atoms with E-state index in [4.69, 9.17) is 15.2 Å². The van der Waals surface area contributed by atoms with Crippen molar-refractivity contribution in [1.82, 2.24) is 0 Å². The highest BCUT2D eigenvalue weighted by Gasteiger charge is 2.45. The molecule has 0 aromatic heterocycles. The summed E-state index contributed by atoms with van der Waals surface area (Å²) in [4.78, 5) is 0. The summed E-state index contributed by atoms with van der Waals surface area (Å²) in [6.45, 7) is 3.77. The molecule has 3 rings (SSSR count). The molecule has 0 aromatic carbocycles. The quantitative estimate of drug-likeness (QED) is 0.842. The third-order valence-electron chi connectivity index (χ3n) is 4.97. The molecule has 0 radical (unpaired) electrons. The molecule has 0 aromatic rings. The van der Waals surface area contributed by atoms with Gasteiger partial charge in [-0.3, -0.25) is 0 Å². The first kappa shape index (κ1) is 14.2. The van der Waals surface area contributed by atoms with E-state index in [0.717, 1.165) is 32.0 Å². The molecule has 0 bridgehead atoms. The molecule has 1 aliphatic carbocycles. The van der Waals surface area contributed by atoms with E-state index in [2.05, 4.69) is 6.92 Å². The van der Waals surface area contributed by atoms with Crippen LogP contribution in [0.2, 0.25) is 0 Å². The summed E-state index contributed by atoms with van der Waals surface area (Å²) in [6, 6.07) is 0.207. The Morgan fingerprint density at radius 1 is 1.37 bits per heavy atom. The summed E-state index contributed by atoms with van der Waals surface area (Å²) < 4.78 is 12.1. The molecule has 0 amide bonds. The number of hydrogen-bond donors (Lipinski definition) is 1. The summed E-state index contributed by atoms with van der Waals surface area (Å²) in [6.07, 6.45) is 6.38. The number of thioether (sulfide) groups is 1. The number of ether oxygens (including phenoxy) is 2. The minimum atomic E-state index is 0.144. The fourth-order valence-corrected chi connectivity index (χ4v) is 5.08. The summed E-state index contributed by atoms with van der Waals surface area (Å²) in [5.41, 5.74) is 6.73. The largest absolute Gasteiger partial charge is 0.377 e. The van der Waals surface area contributed by atoms with Crippen molar-refractivity contribution in [3.05, 3.63) is 0 Å². The number of rotatable bonds is 5. The van der Waals surface area contributed by atoms with Crippen LogP contribution in [0, 0.1) is 11.8 Å². The van der Waals surface area contributed by atoms with Crippen molar-refractivity contribution in [2.24, 2.45) is 17.6 Å². The Balaban J connectivity index is 1.63. The van der Waals surface area contributed by atoms with E-state index < -0.39 is 0 Å². The lowest BCUT2D eigenvalue weighted by Crippen LogP contribution is -2.50. The van der Waals surface area contributed by atoms with Crippen molar-refractivity contribution >= 4 is 11.8 Å². The van der Waals surface area contributed by atoms with Gasteiger partial charge in [-0.2, -0.15) is 11.8 Å². The van der Waals surface area contributed by atoms with Gasteiger partial charge in [-0.05, 0) is 56.6 Å². The molecule has 2 aliphatic heterocycles.